The Balaban J connectivity index is 2.39. The van der Waals surface area contributed by atoms with Gasteiger partial charge in [0.1, 0.15) is 5.82 Å². The molecule has 1 heterocycles. The minimum absolute atomic E-state index is 0.0485. The summed E-state index contributed by atoms with van der Waals surface area (Å²) >= 11 is 0. The third kappa shape index (κ3) is 2.17. The van der Waals surface area contributed by atoms with Gasteiger partial charge in [-0.3, -0.25) is 9.36 Å². The van der Waals surface area contributed by atoms with E-state index < -0.39 is 0 Å². The summed E-state index contributed by atoms with van der Waals surface area (Å²) in [4.78, 5) is 16.3. The van der Waals surface area contributed by atoms with Crippen LogP contribution in [0.3, 0.4) is 0 Å². The Kier molecular flexibility index (Phi) is 2.47. The molecular weight excluding hydrogens is 188 g/mol. The highest BCUT2D eigenvalue weighted by Gasteiger charge is 2.26. The van der Waals surface area contributed by atoms with Crippen LogP contribution in [0.15, 0.2) is 23.0 Å². The van der Waals surface area contributed by atoms with Crippen molar-refractivity contribution in [1.29, 1.82) is 0 Å². The maximum absolute atomic E-state index is 11.8. The third-order valence-electron chi connectivity index (χ3n) is 2.64. The molecule has 15 heavy (non-hydrogen) atoms. The van der Waals surface area contributed by atoms with Crippen LogP contribution in [0.2, 0.25) is 0 Å². The second-order valence-corrected chi connectivity index (χ2v) is 4.38. The van der Waals surface area contributed by atoms with E-state index in [2.05, 4.69) is 11.6 Å². The van der Waals surface area contributed by atoms with Crippen molar-refractivity contribution in [2.24, 2.45) is 0 Å². The summed E-state index contributed by atoms with van der Waals surface area (Å²) in [5, 5.41) is 0. The van der Waals surface area contributed by atoms with E-state index in [0.29, 0.717) is 12.5 Å². The summed E-state index contributed by atoms with van der Waals surface area (Å²) < 4.78 is 1.67. The molecule has 0 N–H and O–H groups in total. The van der Waals surface area contributed by atoms with E-state index in [9.17, 15) is 4.79 Å². The molecule has 1 aliphatic rings. The van der Waals surface area contributed by atoms with Crippen molar-refractivity contribution < 1.29 is 0 Å². The van der Waals surface area contributed by atoms with E-state index >= 15 is 0 Å². The fourth-order valence-electron chi connectivity index (χ4n) is 1.69. The summed E-state index contributed by atoms with van der Waals surface area (Å²) in [5.74, 6) is 1.34. The van der Waals surface area contributed by atoms with Crippen LogP contribution in [0.25, 0.3) is 0 Å². The van der Waals surface area contributed by atoms with Crippen LogP contribution in [-0.4, -0.2) is 9.55 Å². The largest absolute Gasteiger partial charge is 0.293 e. The first kappa shape index (κ1) is 10.1. The molecule has 1 fully saturated rings. The number of aryl methyl sites for hydroxylation is 1. The van der Waals surface area contributed by atoms with E-state index in [1.54, 1.807) is 10.6 Å². The molecule has 0 aliphatic heterocycles. The predicted octanol–water partition coefficient (Wildman–Crippen LogP) is 2.01. The standard InChI is InChI=1S/C12H16N2O/c1-8(2)7-14-9(3)13-11(6-12(14)15)10-4-5-10/h6,10H,1,4-5,7H2,2-3H3. The van der Waals surface area contributed by atoms with E-state index in [1.807, 2.05) is 13.8 Å². The normalized spacial score (nSPS) is 15.3. The van der Waals surface area contributed by atoms with Crippen molar-refractivity contribution >= 4 is 0 Å². The molecular formula is C12H16N2O. The first-order chi connectivity index (χ1) is 7.08. The van der Waals surface area contributed by atoms with Gasteiger partial charge in [0.2, 0.25) is 0 Å². The quantitative estimate of drug-likeness (QED) is 0.706. The molecule has 1 aromatic rings. The van der Waals surface area contributed by atoms with E-state index in [0.717, 1.165) is 17.1 Å². The van der Waals surface area contributed by atoms with Crippen molar-refractivity contribution in [2.45, 2.75) is 39.2 Å². The smallest absolute Gasteiger partial charge is 0.254 e. The van der Waals surface area contributed by atoms with Crippen LogP contribution >= 0.6 is 0 Å². The molecule has 0 atom stereocenters. The van der Waals surface area contributed by atoms with Gasteiger partial charge < -0.3 is 0 Å². The number of rotatable bonds is 3. The van der Waals surface area contributed by atoms with Gasteiger partial charge in [0.25, 0.3) is 5.56 Å². The number of hydrogen-bond donors (Lipinski definition) is 0. The molecule has 0 bridgehead atoms. The Morgan fingerprint density at radius 1 is 1.67 bits per heavy atom. The van der Waals surface area contributed by atoms with Crippen molar-refractivity contribution in [3.63, 3.8) is 0 Å². The zero-order valence-corrected chi connectivity index (χ0v) is 9.29. The van der Waals surface area contributed by atoms with Crippen LogP contribution < -0.4 is 5.56 Å². The zero-order valence-electron chi connectivity index (χ0n) is 9.29. The van der Waals surface area contributed by atoms with Crippen LogP contribution in [0, 0.1) is 6.92 Å². The SMILES string of the molecule is C=C(C)Cn1c(C)nc(C2CC2)cc1=O. The average molecular weight is 204 g/mol. The van der Waals surface area contributed by atoms with E-state index in [-0.39, 0.29) is 5.56 Å². The molecule has 1 aliphatic carbocycles. The number of hydrogen-bond acceptors (Lipinski definition) is 2. The molecule has 1 saturated carbocycles. The van der Waals surface area contributed by atoms with E-state index in [4.69, 9.17) is 0 Å². The van der Waals surface area contributed by atoms with Gasteiger partial charge in [-0.05, 0) is 26.7 Å². The summed E-state index contributed by atoms with van der Waals surface area (Å²) in [6.45, 7) is 8.19. The lowest BCUT2D eigenvalue weighted by atomic mass is 10.2. The Bertz CT molecular complexity index is 455. The lowest BCUT2D eigenvalue weighted by Gasteiger charge is -2.09. The van der Waals surface area contributed by atoms with Crippen LogP contribution in [0.4, 0.5) is 0 Å². The van der Waals surface area contributed by atoms with Gasteiger partial charge >= 0.3 is 0 Å². The van der Waals surface area contributed by atoms with Crippen molar-refractivity contribution in [3.8, 4) is 0 Å². The highest BCUT2D eigenvalue weighted by molar-refractivity contribution is 5.15. The number of nitrogens with zero attached hydrogens (tertiary/aromatic N) is 2. The summed E-state index contributed by atoms with van der Waals surface area (Å²) in [5.41, 5.74) is 1.99. The molecule has 0 spiro atoms. The molecule has 0 radical (unpaired) electrons. The molecule has 0 aromatic carbocycles. The Morgan fingerprint density at radius 3 is 2.80 bits per heavy atom. The average Bonchev–Trinajstić information content (AvgIpc) is 2.93. The van der Waals surface area contributed by atoms with Crippen molar-refractivity contribution in [1.82, 2.24) is 9.55 Å². The minimum Gasteiger partial charge on any atom is -0.293 e. The first-order valence-corrected chi connectivity index (χ1v) is 5.30. The van der Waals surface area contributed by atoms with Gasteiger partial charge in [0.05, 0.1) is 5.69 Å². The molecule has 80 valence electrons. The Hall–Kier alpha value is -1.38. The molecule has 1 aromatic heterocycles. The second-order valence-electron chi connectivity index (χ2n) is 4.38. The molecule has 3 nitrogen and oxygen atoms in total. The van der Waals surface area contributed by atoms with Gasteiger partial charge in [-0.15, -0.1) is 0 Å². The van der Waals surface area contributed by atoms with Crippen LogP contribution in [0.5, 0.6) is 0 Å². The molecule has 0 saturated heterocycles. The number of allylic oxidation sites excluding steroid dienone is 1. The van der Waals surface area contributed by atoms with Gasteiger partial charge in [-0.2, -0.15) is 0 Å². The lowest BCUT2D eigenvalue weighted by Crippen LogP contribution is -2.24. The molecule has 0 unspecified atom stereocenters. The summed E-state index contributed by atoms with van der Waals surface area (Å²) in [7, 11) is 0. The zero-order chi connectivity index (χ0) is 11.0. The monoisotopic (exact) mass is 204 g/mol. The fourth-order valence-corrected chi connectivity index (χ4v) is 1.69. The highest BCUT2D eigenvalue weighted by atomic mass is 16.1. The van der Waals surface area contributed by atoms with Gasteiger partial charge in [0, 0.05) is 18.5 Å². The summed E-state index contributed by atoms with van der Waals surface area (Å²) in [6.07, 6.45) is 2.35. The Morgan fingerprint density at radius 2 is 2.33 bits per heavy atom. The van der Waals surface area contributed by atoms with E-state index in [1.165, 1.54) is 12.8 Å². The predicted molar refractivity (Wildman–Crippen MR) is 60.0 cm³/mol. The maximum atomic E-state index is 11.8. The van der Waals surface area contributed by atoms with Crippen LogP contribution in [-0.2, 0) is 6.54 Å². The molecule has 0 amide bonds. The molecule has 2 rings (SSSR count). The topological polar surface area (TPSA) is 34.9 Å². The van der Waals surface area contributed by atoms with Crippen molar-refractivity contribution in [2.75, 3.05) is 0 Å². The molecule has 3 heteroatoms. The van der Waals surface area contributed by atoms with Crippen molar-refractivity contribution in [3.05, 3.63) is 40.1 Å². The van der Waals surface area contributed by atoms with Gasteiger partial charge in [-0.1, -0.05) is 12.2 Å². The third-order valence-corrected chi connectivity index (χ3v) is 2.64. The fraction of sp³-hybridized carbons (Fsp3) is 0.500. The maximum Gasteiger partial charge on any atom is 0.254 e. The minimum atomic E-state index is 0.0485. The van der Waals surface area contributed by atoms with Gasteiger partial charge in [0.15, 0.2) is 0 Å². The first-order valence-electron chi connectivity index (χ1n) is 5.30. The number of aromatic nitrogens is 2. The van der Waals surface area contributed by atoms with Gasteiger partial charge in [-0.25, -0.2) is 4.98 Å². The lowest BCUT2D eigenvalue weighted by molar-refractivity contribution is 0.681. The van der Waals surface area contributed by atoms with Crippen LogP contribution in [0.1, 0.15) is 37.2 Å². The second kappa shape index (κ2) is 3.65. The highest BCUT2D eigenvalue weighted by Crippen LogP contribution is 2.38. The Labute approximate surface area is 89.5 Å². The summed E-state index contributed by atoms with van der Waals surface area (Å²) in [6, 6.07) is 1.67.